The first-order chi connectivity index (χ1) is 9.04. The summed E-state index contributed by atoms with van der Waals surface area (Å²) < 4.78 is 0. The Morgan fingerprint density at radius 3 is 2.47 bits per heavy atom. The molecule has 0 spiro atoms. The van der Waals surface area contributed by atoms with Crippen molar-refractivity contribution in [1.82, 2.24) is 5.32 Å². The standard InChI is InChI=1S/C15H21NO3/c1-3-7-14(18)16-11(2)10-13(17)15(19)12-8-5-4-6-9-12/h4-6,8-9,11,13,17H,3,7,10H2,1-2H3,(H,16,18). The average molecular weight is 263 g/mol. The van der Waals surface area contributed by atoms with E-state index in [2.05, 4.69) is 5.32 Å². The fourth-order valence-corrected chi connectivity index (χ4v) is 1.87. The van der Waals surface area contributed by atoms with Gasteiger partial charge < -0.3 is 10.4 Å². The Morgan fingerprint density at radius 2 is 1.89 bits per heavy atom. The highest BCUT2D eigenvalue weighted by Gasteiger charge is 2.20. The van der Waals surface area contributed by atoms with Crippen LogP contribution in [0, 0.1) is 0 Å². The summed E-state index contributed by atoms with van der Waals surface area (Å²) in [7, 11) is 0. The van der Waals surface area contributed by atoms with Crippen molar-refractivity contribution in [3.05, 3.63) is 35.9 Å². The van der Waals surface area contributed by atoms with E-state index in [0.29, 0.717) is 12.0 Å². The van der Waals surface area contributed by atoms with Gasteiger partial charge in [0.25, 0.3) is 0 Å². The fourth-order valence-electron chi connectivity index (χ4n) is 1.87. The van der Waals surface area contributed by atoms with E-state index in [9.17, 15) is 14.7 Å². The van der Waals surface area contributed by atoms with Crippen molar-refractivity contribution in [2.45, 2.75) is 45.3 Å². The summed E-state index contributed by atoms with van der Waals surface area (Å²) in [5.74, 6) is -0.355. The van der Waals surface area contributed by atoms with E-state index in [0.717, 1.165) is 6.42 Å². The van der Waals surface area contributed by atoms with E-state index in [4.69, 9.17) is 0 Å². The topological polar surface area (TPSA) is 66.4 Å². The Balaban J connectivity index is 2.48. The van der Waals surface area contributed by atoms with Gasteiger partial charge in [0, 0.05) is 24.4 Å². The third kappa shape index (κ3) is 5.22. The lowest BCUT2D eigenvalue weighted by atomic mass is 10.0. The van der Waals surface area contributed by atoms with Crippen LogP contribution in [-0.4, -0.2) is 28.9 Å². The zero-order chi connectivity index (χ0) is 14.3. The fraction of sp³-hybridized carbons (Fsp3) is 0.467. The van der Waals surface area contributed by atoms with Crippen LogP contribution in [0.4, 0.5) is 0 Å². The molecule has 0 aliphatic rings. The number of aliphatic hydroxyl groups is 1. The molecule has 0 aliphatic carbocycles. The Bertz CT molecular complexity index is 417. The summed E-state index contributed by atoms with van der Waals surface area (Å²) in [4.78, 5) is 23.3. The van der Waals surface area contributed by atoms with Crippen LogP contribution in [0.15, 0.2) is 30.3 Å². The van der Waals surface area contributed by atoms with Crippen molar-refractivity contribution in [3.8, 4) is 0 Å². The third-order valence-electron chi connectivity index (χ3n) is 2.82. The molecular formula is C15H21NO3. The zero-order valence-corrected chi connectivity index (χ0v) is 11.4. The molecule has 1 rings (SSSR count). The molecule has 0 bridgehead atoms. The second kappa shape index (κ2) is 7.69. The lowest BCUT2D eigenvalue weighted by Crippen LogP contribution is -2.37. The number of aliphatic hydroxyl groups excluding tert-OH is 1. The second-order valence-electron chi connectivity index (χ2n) is 4.70. The van der Waals surface area contributed by atoms with Crippen LogP contribution in [0.25, 0.3) is 0 Å². The highest BCUT2D eigenvalue weighted by Crippen LogP contribution is 2.08. The van der Waals surface area contributed by atoms with Gasteiger partial charge in [-0.1, -0.05) is 37.3 Å². The molecule has 4 nitrogen and oxygen atoms in total. The highest BCUT2D eigenvalue weighted by molar-refractivity contribution is 5.99. The maximum absolute atomic E-state index is 11.9. The zero-order valence-electron chi connectivity index (χ0n) is 11.4. The van der Waals surface area contributed by atoms with Gasteiger partial charge >= 0.3 is 0 Å². The minimum absolute atomic E-state index is 0.0469. The molecule has 0 radical (unpaired) electrons. The van der Waals surface area contributed by atoms with Gasteiger partial charge in [-0.3, -0.25) is 9.59 Å². The van der Waals surface area contributed by atoms with E-state index < -0.39 is 6.10 Å². The van der Waals surface area contributed by atoms with Crippen LogP contribution < -0.4 is 5.32 Å². The molecule has 0 fully saturated rings. The first kappa shape index (κ1) is 15.4. The predicted octanol–water partition coefficient (Wildman–Crippen LogP) is 1.93. The van der Waals surface area contributed by atoms with Gasteiger partial charge in [0.1, 0.15) is 6.10 Å². The highest BCUT2D eigenvalue weighted by atomic mass is 16.3. The molecule has 2 unspecified atom stereocenters. The average Bonchev–Trinajstić information content (AvgIpc) is 2.38. The van der Waals surface area contributed by atoms with Gasteiger partial charge in [-0.2, -0.15) is 0 Å². The van der Waals surface area contributed by atoms with Gasteiger partial charge in [-0.05, 0) is 13.3 Å². The Labute approximate surface area is 113 Å². The van der Waals surface area contributed by atoms with Crippen LogP contribution in [0.5, 0.6) is 0 Å². The third-order valence-corrected chi connectivity index (χ3v) is 2.82. The molecule has 19 heavy (non-hydrogen) atoms. The van der Waals surface area contributed by atoms with E-state index in [1.807, 2.05) is 13.0 Å². The van der Waals surface area contributed by atoms with Gasteiger partial charge in [-0.25, -0.2) is 0 Å². The molecule has 0 aliphatic heterocycles. The number of carbonyl (C=O) groups excluding carboxylic acids is 2. The summed E-state index contributed by atoms with van der Waals surface area (Å²) in [6.45, 7) is 3.72. The summed E-state index contributed by atoms with van der Waals surface area (Å²) in [6.07, 6.45) is 0.389. The predicted molar refractivity (Wildman–Crippen MR) is 73.9 cm³/mol. The molecule has 0 saturated carbocycles. The molecule has 0 aromatic heterocycles. The van der Waals surface area contributed by atoms with Gasteiger partial charge in [-0.15, -0.1) is 0 Å². The van der Waals surface area contributed by atoms with E-state index >= 15 is 0 Å². The minimum atomic E-state index is -1.08. The van der Waals surface area contributed by atoms with E-state index in [1.54, 1.807) is 31.2 Å². The van der Waals surface area contributed by atoms with Gasteiger partial charge in [0.05, 0.1) is 0 Å². The molecule has 0 heterocycles. The second-order valence-corrected chi connectivity index (χ2v) is 4.70. The molecule has 1 aromatic carbocycles. The van der Waals surface area contributed by atoms with E-state index in [-0.39, 0.29) is 24.2 Å². The normalized spacial score (nSPS) is 13.6. The maximum Gasteiger partial charge on any atom is 0.220 e. The number of carbonyl (C=O) groups is 2. The first-order valence-electron chi connectivity index (χ1n) is 6.61. The summed E-state index contributed by atoms with van der Waals surface area (Å²) >= 11 is 0. The lowest BCUT2D eigenvalue weighted by molar-refractivity contribution is -0.121. The number of nitrogens with one attached hydrogen (secondary N) is 1. The quantitative estimate of drug-likeness (QED) is 0.739. The number of rotatable bonds is 7. The molecule has 2 atom stereocenters. The molecular weight excluding hydrogens is 242 g/mol. The molecule has 1 aromatic rings. The number of hydrogen-bond donors (Lipinski definition) is 2. The van der Waals surface area contributed by atoms with Gasteiger partial charge in [0.2, 0.25) is 5.91 Å². The number of Topliss-reactive ketones (excluding diaryl/α,β-unsaturated/α-hetero) is 1. The largest absolute Gasteiger partial charge is 0.385 e. The van der Waals surface area contributed by atoms with Crippen LogP contribution in [-0.2, 0) is 4.79 Å². The van der Waals surface area contributed by atoms with Gasteiger partial charge in [0.15, 0.2) is 5.78 Å². The van der Waals surface area contributed by atoms with Crippen molar-refractivity contribution in [3.63, 3.8) is 0 Å². The van der Waals surface area contributed by atoms with Crippen LogP contribution in [0.1, 0.15) is 43.5 Å². The Morgan fingerprint density at radius 1 is 1.26 bits per heavy atom. The van der Waals surface area contributed by atoms with Crippen LogP contribution in [0.2, 0.25) is 0 Å². The summed E-state index contributed by atoms with van der Waals surface area (Å²) in [6, 6.07) is 8.45. The minimum Gasteiger partial charge on any atom is -0.385 e. The lowest BCUT2D eigenvalue weighted by Gasteiger charge is -2.17. The van der Waals surface area contributed by atoms with Crippen molar-refractivity contribution in [2.24, 2.45) is 0 Å². The molecule has 104 valence electrons. The Kier molecular flexibility index (Phi) is 6.22. The summed E-state index contributed by atoms with van der Waals surface area (Å²) in [5, 5.41) is 12.7. The van der Waals surface area contributed by atoms with Crippen molar-refractivity contribution >= 4 is 11.7 Å². The van der Waals surface area contributed by atoms with Crippen molar-refractivity contribution in [2.75, 3.05) is 0 Å². The van der Waals surface area contributed by atoms with Crippen LogP contribution >= 0.6 is 0 Å². The summed E-state index contributed by atoms with van der Waals surface area (Å²) in [5.41, 5.74) is 0.488. The number of ketones is 1. The van der Waals surface area contributed by atoms with Crippen molar-refractivity contribution in [1.29, 1.82) is 0 Å². The smallest absolute Gasteiger partial charge is 0.220 e. The van der Waals surface area contributed by atoms with Crippen molar-refractivity contribution < 1.29 is 14.7 Å². The Hall–Kier alpha value is -1.68. The first-order valence-corrected chi connectivity index (χ1v) is 6.61. The molecule has 2 N–H and O–H groups in total. The molecule has 1 amide bonds. The number of hydrogen-bond acceptors (Lipinski definition) is 3. The number of amides is 1. The maximum atomic E-state index is 11.9. The molecule has 0 saturated heterocycles. The molecule has 4 heteroatoms. The SMILES string of the molecule is CCCC(=O)NC(C)CC(O)C(=O)c1ccccc1. The van der Waals surface area contributed by atoms with Crippen LogP contribution in [0.3, 0.4) is 0 Å². The van der Waals surface area contributed by atoms with E-state index in [1.165, 1.54) is 0 Å². The number of benzene rings is 1. The monoisotopic (exact) mass is 263 g/mol.